The first-order valence-electron chi connectivity index (χ1n) is 7.32. The van der Waals surface area contributed by atoms with Gasteiger partial charge in [-0.2, -0.15) is 0 Å². The molecule has 114 valence electrons. The molecule has 2 aromatic rings. The van der Waals surface area contributed by atoms with Crippen LogP contribution in [0, 0.1) is 6.92 Å². The summed E-state index contributed by atoms with van der Waals surface area (Å²) >= 11 is 0. The zero-order chi connectivity index (χ0) is 15.6. The van der Waals surface area contributed by atoms with Gasteiger partial charge in [0.25, 0.3) is 0 Å². The van der Waals surface area contributed by atoms with E-state index in [1.165, 1.54) is 0 Å². The fourth-order valence-electron chi connectivity index (χ4n) is 2.55. The van der Waals surface area contributed by atoms with E-state index >= 15 is 0 Å². The Bertz CT molecular complexity index is 788. The predicted molar refractivity (Wildman–Crippen MR) is 86.9 cm³/mol. The number of sulfone groups is 1. The topological polar surface area (TPSA) is 43.4 Å². The molecule has 4 heteroatoms. The Balaban J connectivity index is 2.14. The average molecular weight is 314 g/mol. The molecule has 0 spiro atoms. The number of allylic oxidation sites excluding steroid dienone is 1. The highest BCUT2D eigenvalue weighted by Crippen LogP contribution is 2.34. The number of ether oxygens (including phenoxy) is 1. The molecule has 0 fully saturated rings. The van der Waals surface area contributed by atoms with Gasteiger partial charge in [0.15, 0.2) is 0 Å². The van der Waals surface area contributed by atoms with E-state index in [-0.39, 0.29) is 0 Å². The molecule has 3 rings (SSSR count). The summed E-state index contributed by atoms with van der Waals surface area (Å²) < 4.78 is 31.5. The van der Waals surface area contributed by atoms with Crippen LogP contribution in [0.4, 0.5) is 0 Å². The van der Waals surface area contributed by atoms with Crippen molar-refractivity contribution in [1.82, 2.24) is 0 Å². The molecule has 0 atom stereocenters. The second-order valence-electron chi connectivity index (χ2n) is 5.39. The molecule has 1 aliphatic rings. The summed E-state index contributed by atoms with van der Waals surface area (Å²) in [5.41, 5.74) is 1.95. The Kier molecular flexibility index (Phi) is 4.03. The van der Waals surface area contributed by atoms with Gasteiger partial charge in [0.1, 0.15) is 5.76 Å². The van der Waals surface area contributed by atoms with Crippen molar-refractivity contribution in [3.8, 4) is 0 Å². The van der Waals surface area contributed by atoms with E-state index in [1.807, 2.05) is 37.3 Å². The third kappa shape index (κ3) is 2.79. The quantitative estimate of drug-likeness (QED) is 0.861. The van der Waals surface area contributed by atoms with Crippen molar-refractivity contribution in [2.45, 2.75) is 24.7 Å². The predicted octanol–water partition coefficient (Wildman–Crippen LogP) is 3.95. The van der Waals surface area contributed by atoms with Crippen molar-refractivity contribution >= 4 is 15.6 Å². The van der Waals surface area contributed by atoms with Crippen LogP contribution in [0.25, 0.3) is 5.76 Å². The van der Waals surface area contributed by atoms with Gasteiger partial charge in [0.05, 0.1) is 16.4 Å². The summed E-state index contributed by atoms with van der Waals surface area (Å²) in [6.07, 6.45) is 1.23. The fraction of sp³-hybridized carbons (Fsp3) is 0.222. The Labute approximate surface area is 131 Å². The first-order valence-corrected chi connectivity index (χ1v) is 8.80. The third-order valence-electron chi connectivity index (χ3n) is 3.74. The zero-order valence-electron chi connectivity index (χ0n) is 12.5. The van der Waals surface area contributed by atoms with Crippen molar-refractivity contribution in [3.05, 3.63) is 70.6 Å². The van der Waals surface area contributed by atoms with Crippen LogP contribution in [0.2, 0.25) is 0 Å². The Morgan fingerprint density at radius 3 is 2.32 bits per heavy atom. The molecule has 0 aromatic heterocycles. The minimum atomic E-state index is -3.51. The van der Waals surface area contributed by atoms with Crippen LogP contribution < -0.4 is 0 Å². The van der Waals surface area contributed by atoms with Crippen molar-refractivity contribution in [1.29, 1.82) is 0 Å². The highest BCUT2D eigenvalue weighted by atomic mass is 32.2. The van der Waals surface area contributed by atoms with Crippen LogP contribution in [-0.4, -0.2) is 15.0 Å². The molecule has 3 nitrogen and oxygen atoms in total. The maximum absolute atomic E-state index is 12.9. The average Bonchev–Trinajstić information content (AvgIpc) is 2.56. The van der Waals surface area contributed by atoms with Gasteiger partial charge in [0, 0.05) is 5.56 Å². The van der Waals surface area contributed by atoms with Gasteiger partial charge in [-0.15, -0.1) is 0 Å². The Morgan fingerprint density at radius 1 is 0.955 bits per heavy atom. The van der Waals surface area contributed by atoms with E-state index in [9.17, 15) is 8.42 Å². The van der Waals surface area contributed by atoms with Crippen LogP contribution in [0.15, 0.2) is 64.4 Å². The number of aryl methyl sites for hydroxylation is 1. The summed E-state index contributed by atoms with van der Waals surface area (Å²) in [5.74, 6) is 0.495. The number of rotatable bonds is 3. The highest BCUT2D eigenvalue weighted by Gasteiger charge is 2.28. The van der Waals surface area contributed by atoms with Gasteiger partial charge in [0.2, 0.25) is 9.84 Å². The zero-order valence-corrected chi connectivity index (χ0v) is 13.3. The van der Waals surface area contributed by atoms with E-state index in [0.29, 0.717) is 28.6 Å². The van der Waals surface area contributed by atoms with Gasteiger partial charge in [-0.3, -0.25) is 0 Å². The summed E-state index contributed by atoms with van der Waals surface area (Å²) in [4.78, 5) is 0.703. The van der Waals surface area contributed by atoms with Crippen molar-refractivity contribution in [2.24, 2.45) is 0 Å². The molecule has 0 saturated heterocycles. The molecule has 0 aliphatic carbocycles. The second-order valence-corrected chi connectivity index (χ2v) is 7.36. The molecule has 0 amide bonds. The van der Waals surface area contributed by atoms with E-state index in [0.717, 1.165) is 17.5 Å². The molecule has 1 aliphatic heterocycles. The largest absolute Gasteiger partial charge is 0.492 e. The van der Waals surface area contributed by atoms with Crippen molar-refractivity contribution in [2.75, 3.05) is 6.61 Å². The lowest BCUT2D eigenvalue weighted by Gasteiger charge is -2.21. The molecule has 0 saturated carbocycles. The lowest BCUT2D eigenvalue weighted by atomic mass is 10.1. The molecular formula is C18H18O3S. The second kappa shape index (κ2) is 5.97. The smallest absolute Gasteiger partial charge is 0.206 e. The van der Waals surface area contributed by atoms with Crippen molar-refractivity contribution in [3.63, 3.8) is 0 Å². The Morgan fingerprint density at radius 2 is 1.64 bits per heavy atom. The van der Waals surface area contributed by atoms with E-state index in [1.54, 1.807) is 24.3 Å². The lowest BCUT2D eigenvalue weighted by molar-refractivity contribution is 0.256. The summed E-state index contributed by atoms with van der Waals surface area (Å²) in [5, 5.41) is 0. The minimum Gasteiger partial charge on any atom is -0.492 e. The first kappa shape index (κ1) is 14.9. The maximum Gasteiger partial charge on any atom is 0.206 e. The molecule has 1 heterocycles. The molecule has 0 bridgehead atoms. The van der Waals surface area contributed by atoms with Gasteiger partial charge in [-0.25, -0.2) is 8.42 Å². The van der Waals surface area contributed by atoms with E-state index in [4.69, 9.17) is 4.74 Å². The molecule has 22 heavy (non-hydrogen) atoms. The van der Waals surface area contributed by atoms with Crippen LogP contribution in [0.5, 0.6) is 0 Å². The maximum atomic E-state index is 12.9. The van der Waals surface area contributed by atoms with E-state index < -0.39 is 9.84 Å². The molecule has 0 unspecified atom stereocenters. The third-order valence-corrected chi connectivity index (χ3v) is 5.67. The minimum absolute atomic E-state index is 0.320. The van der Waals surface area contributed by atoms with Gasteiger partial charge >= 0.3 is 0 Å². The summed E-state index contributed by atoms with van der Waals surface area (Å²) in [7, 11) is -3.51. The van der Waals surface area contributed by atoms with Crippen LogP contribution in [0.1, 0.15) is 24.0 Å². The van der Waals surface area contributed by atoms with Crippen LogP contribution in [-0.2, 0) is 14.6 Å². The van der Waals surface area contributed by atoms with Gasteiger partial charge in [-0.05, 0) is 31.9 Å². The fourth-order valence-corrected chi connectivity index (χ4v) is 4.18. The van der Waals surface area contributed by atoms with E-state index in [2.05, 4.69) is 0 Å². The molecular weight excluding hydrogens is 296 g/mol. The molecule has 0 radical (unpaired) electrons. The van der Waals surface area contributed by atoms with Crippen LogP contribution in [0.3, 0.4) is 0 Å². The number of hydrogen-bond acceptors (Lipinski definition) is 3. The standard InChI is InChI=1S/C18H18O3S/c1-14-9-11-15(12-10-14)18-17(8-5-13-21-18)22(19,20)16-6-3-2-4-7-16/h2-4,6-7,9-12H,5,8,13H2,1H3. The van der Waals surface area contributed by atoms with Gasteiger partial charge < -0.3 is 4.74 Å². The normalized spacial score (nSPS) is 15.5. The van der Waals surface area contributed by atoms with Gasteiger partial charge in [-0.1, -0.05) is 48.0 Å². The monoisotopic (exact) mass is 314 g/mol. The SMILES string of the molecule is Cc1ccc(C2=C(S(=O)(=O)c3ccccc3)CCCO2)cc1. The number of benzene rings is 2. The number of hydrogen-bond donors (Lipinski definition) is 0. The Hall–Kier alpha value is -2.07. The molecule has 0 N–H and O–H groups in total. The highest BCUT2D eigenvalue weighted by molar-refractivity contribution is 7.95. The van der Waals surface area contributed by atoms with Crippen molar-refractivity contribution < 1.29 is 13.2 Å². The molecule has 2 aromatic carbocycles. The first-order chi connectivity index (χ1) is 10.6. The van der Waals surface area contributed by atoms with Crippen LogP contribution >= 0.6 is 0 Å². The summed E-state index contributed by atoms with van der Waals surface area (Å²) in [6, 6.07) is 16.3. The summed E-state index contributed by atoms with van der Waals surface area (Å²) in [6.45, 7) is 2.55. The lowest BCUT2D eigenvalue weighted by Crippen LogP contribution is -2.14.